The highest BCUT2D eigenvalue weighted by Gasteiger charge is 2.51. The van der Waals surface area contributed by atoms with Crippen LogP contribution >= 0.6 is 0 Å². The maximum atomic E-state index is 6.92. The third-order valence-electron chi connectivity index (χ3n) is 5.46. The molecule has 0 bridgehead atoms. The van der Waals surface area contributed by atoms with E-state index in [-0.39, 0.29) is 11.2 Å². The number of hydrogen-bond donors (Lipinski definition) is 0. The van der Waals surface area contributed by atoms with Crippen LogP contribution in [0.3, 0.4) is 0 Å². The zero-order valence-electron chi connectivity index (χ0n) is 14.8. The third kappa shape index (κ3) is 3.48. The Morgan fingerprint density at radius 2 is 1.00 bits per heavy atom. The van der Waals surface area contributed by atoms with E-state index >= 15 is 0 Å². The van der Waals surface area contributed by atoms with Gasteiger partial charge in [-0.15, -0.1) is 0 Å². The van der Waals surface area contributed by atoms with Crippen LogP contribution in [-0.4, -0.2) is 11.2 Å². The Bertz CT molecular complexity index is 689. The molecule has 0 aromatic heterocycles. The molecule has 25 heavy (non-hydrogen) atoms. The molecule has 2 aliphatic carbocycles. The van der Waals surface area contributed by atoms with Crippen LogP contribution in [0.2, 0.25) is 0 Å². The molecule has 2 aromatic carbocycles. The van der Waals surface area contributed by atoms with Gasteiger partial charge in [-0.3, -0.25) is 0 Å². The lowest BCUT2D eigenvalue weighted by atomic mass is 9.68. The van der Waals surface area contributed by atoms with E-state index in [0.717, 1.165) is 38.5 Å². The zero-order chi connectivity index (χ0) is 17.3. The summed E-state index contributed by atoms with van der Waals surface area (Å²) in [5, 5.41) is 0. The quantitative estimate of drug-likeness (QED) is 0.620. The van der Waals surface area contributed by atoms with Crippen LogP contribution in [0.5, 0.6) is 0 Å². The highest BCUT2D eigenvalue weighted by molar-refractivity contribution is 5.29. The van der Waals surface area contributed by atoms with E-state index < -0.39 is 0 Å². The van der Waals surface area contributed by atoms with Crippen molar-refractivity contribution in [2.24, 2.45) is 0 Å². The average Bonchev–Trinajstić information content (AvgIpc) is 2.54. The maximum Gasteiger partial charge on any atom is 0.0804 e. The normalized spacial score (nSPS) is 20.6. The minimum Gasteiger partial charge on any atom is -0.367 e. The van der Waals surface area contributed by atoms with Crippen molar-refractivity contribution in [1.29, 1.82) is 0 Å². The second kappa shape index (κ2) is 6.31. The minimum atomic E-state index is -0.0894. The van der Waals surface area contributed by atoms with Gasteiger partial charge in [0.2, 0.25) is 0 Å². The van der Waals surface area contributed by atoms with Crippen LogP contribution in [0.4, 0.5) is 0 Å². The molecule has 2 aromatic rings. The van der Waals surface area contributed by atoms with Gasteiger partial charge in [0, 0.05) is 12.8 Å². The lowest BCUT2D eigenvalue weighted by Gasteiger charge is -2.54. The Labute approximate surface area is 151 Å². The molecule has 2 aliphatic rings. The molecular weight excluding hydrogens is 304 g/mol. The molecular formula is C24H26O. The second-order valence-corrected chi connectivity index (χ2v) is 8.00. The van der Waals surface area contributed by atoms with Crippen LogP contribution in [0.15, 0.2) is 85.0 Å². The molecule has 0 N–H and O–H groups in total. The summed E-state index contributed by atoms with van der Waals surface area (Å²) in [6.07, 6.45) is 5.84. The number of rotatable bonds is 6. The number of ether oxygens (including phenoxy) is 1. The summed E-state index contributed by atoms with van der Waals surface area (Å²) in [4.78, 5) is 0. The first-order valence-electron chi connectivity index (χ1n) is 9.18. The zero-order valence-corrected chi connectivity index (χ0v) is 14.8. The maximum absolute atomic E-state index is 6.92. The molecule has 128 valence electrons. The number of benzene rings is 2. The Hall–Kier alpha value is -2.12. The van der Waals surface area contributed by atoms with Gasteiger partial charge in [0.15, 0.2) is 0 Å². The molecule has 0 radical (unpaired) electrons. The fraction of sp³-hybridized carbons (Fsp3) is 0.333. The molecule has 4 rings (SSSR count). The molecule has 2 fully saturated rings. The van der Waals surface area contributed by atoms with Crippen molar-refractivity contribution in [2.45, 2.75) is 49.7 Å². The standard InChI is InChI=1S/C24H26O/c1-19-13-23(14-19,17-21-9-5-3-6-10-21)25-24(15-20(2)16-24)18-22-11-7-4-8-12-22/h3-12H,1-2,13-18H2. The molecule has 0 amide bonds. The van der Waals surface area contributed by atoms with E-state index in [1.165, 1.54) is 22.3 Å². The smallest absolute Gasteiger partial charge is 0.0804 e. The van der Waals surface area contributed by atoms with Crippen molar-refractivity contribution in [3.05, 3.63) is 96.1 Å². The van der Waals surface area contributed by atoms with Crippen molar-refractivity contribution in [1.82, 2.24) is 0 Å². The highest BCUT2D eigenvalue weighted by Crippen LogP contribution is 2.51. The molecule has 0 atom stereocenters. The van der Waals surface area contributed by atoms with Crippen LogP contribution < -0.4 is 0 Å². The fourth-order valence-corrected chi connectivity index (χ4v) is 4.58. The first-order valence-corrected chi connectivity index (χ1v) is 9.18. The van der Waals surface area contributed by atoms with E-state index in [1.54, 1.807) is 0 Å². The Balaban J connectivity index is 1.55. The van der Waals surface area contributed by atoms with Crippen molar-refractivity contribution in [2.75, 3.05) is 0 Å². The number of hydrogen-bond acceptors (Lipinski definition) is 1. The van der Waals surface area contributed by atoms with E-state index in [4.69, 9.17) is 4.74 Å². The summed E-state index contributed by atoms with van der Waals surface area (Å²) in [6, 6.07) is 21.4. The third-order valence-corrected chi connectivity index (χ3v) is 5.46. The molecule has 0 spiro atoms. The van der Waals surface area contributed by atoms with E-state index in [9.17, 15) is 0 Å². The highest BCUT2D eigenvalue weighted by atomic mass is 16.5. The van der Waals surface area contributed by atoms with Gasteiger partial charge in [-0.25, -0.2) is 0 Å². The first kappa shape index (κ1) is 16.4. The van der Waals surface area contributed by atoms with Gasteiger partial charge in [0.25, 0.3) is 0 Å². The largest absolute Gasteiger partial charge is 0.367 e. The lowest BCUT2D eigenvalue weighted by Crippen LogP contribution is -2.55. The summed E-state index contributed by atoms with van der Waals surface area (Å²) in [7, 11) is 0. The van der Waals surface area contributed by atoms with Crippen molar-refractivity contribution < 1.29 is 4.74 Å². The van der Waals surface area contributed by atoms with E-state index in [0.29, 0.717) is 0 Å². The van der Waals surface area contributed by atoms with Gasteiger partial charge in [-0.1, -0.05) is 85.0 Å². The van der Waals surface area contributed by atoms with E-state index in [2.05, 4.69) is 73.8 Å². The average molecular weight is 330 g/mol. The van der Waals surface area contributed by atoms with E-state index in [1.807, 2.05) is 0 Å². The van der Waals surface area contributed by atoms with Gasteiger partial charge < -0.3 is 4.74 Å². The van der Waals surface area contributed by atoms with Crippen LogP contribution in [-0.2, 0) is 17.6 Å². The van der Waals surface area contributed by atoms with Gasteiger partial charge >= 0.3 is 0 Å². The molecule has 1 heteroatoms. The molecule has 0 heterocycles. The molecule has 1 nitrogen and oxygen atoms in total. The Morgan fingerprint density at radius 3 is 1.32 bits per heavy atom. The van der Waals surface area contributed by atoms with Gasteiger partial charge in [0.1, 0.15) is 0 Å². The Morgan fingerprint density at radius 1 is 0.640 bits per heavy atom. The SMILES string of the molecule is C=C1CC(Cc2ccccc2)(OC2(Cc3ccccc3)CC(=C)C2)C1. The lowest BCUT2D eigenvalue weighted by molar-refractivity contribution is -0.191. The Kier molecular flexibility index (Phi) is 4.13. The van der Waals surface area contributed by atoms with Gasteiger partial charge in [-0.2, -0.15) is 0 Å². The van der Waals surface area contributed by atoms with Crippen LogP contribution in [0.25, 0.3) is 0 Å². The van der Waals surface area contributed by atoms with Gasteiger partial charge in [0.05, 0.1) is 11.2 Å². The molecule has 0 aliphatic heterocycles. The second-order valence-electron chi connectivity index (χ2n) is 8.00. The van der Waals surface area contributed by atoms with Crippen LogP contribution in [0.1, 0.15) is 36.8 Å². The topological polar surface area (TPSA) is 9.23 Å². The van der Waals surface area contributed by atoms with Crippen molar-refractivity contribution in [3.8, 4) is 0 Å². The summed E-state index contributed by atoms with van der Waals surface area (Å²) < 4.78 is 6.92. The first-order chi connectivity index (χ1) is 12.1. The van der Waals surface area contributed by atoms with Crippen molar-refractivity contribution >= 4 is 0 Å². The van der Waals surface area contributed by atoms with Gasteiger partial charge in [-0.05, 0) is 36.8 Å². The summed E-state index contributed by atoms with van der Waals surface area (Å²) >= 11 is 0. The minimum absolute atomic E-state index is 0.0894. The predicted octanol–water partition coefficient (Wildman–Crippen LogP) is 5.67. The molecule has 0 saturated heterocycles. The summed E-state index contributed by atoms with van der Waals surface area (Å²) in [5.74, 6) is 0. The van der Waals surface area contributed by atoms with Crippen LogP contribution in [0, 0.1) is 0 Å². The molecule has 2 saturated carbocycles. The molecule has 0 unspecified atom stereocenters. The monoisotopic (exact) mass is 330 g/mol. The predicted molar refractivity (Wildman–Crippen MR) is 104 cm³/mol. The fourth-order valence-electron chi connectivity index (χ4n) is 4.58. The summed E-state index contributed by atoms with van der Waals surface area (Å²) in [5.41, 5.74) is 5.14. The van der Waals surface area contributed by atoms with Crippen molar-refractivity contribution in [3.63, 3.8) is 0 Å². The summed E-state index contributed by atoms with van der Waals surface area (Å²) in [6.45, 7) is 8.35.